The van der Waals surface area contributed by atoms with E-state index in [1.54, 1.807) is 17.2 Å². The van der Waals surface area contributed by atoms with Gasteiger partial charge in [0.2, 0.25) is 0 Å². The van der Waals surface area contributed by atoms with Gasteiger partial charge < -0.3 is 15.0 Å². The Morgan fingerprint density at radius 1 is 1.24 bits per heavy atom. The Balaban J connectivity index is 1.56. The monoisotopic (exact) mass is 462 g/mol. The Morgan fingerprint density at radius 2 is 2.12 bits per heavy atom. The molecule has 1 aliphatic rings. The van der Waals surface area contributed by atoms with Gasteiger partial charge in [0, 0.05) is 18.1 Å². The lowest BCUT2D eigenvalue weighted by Gasteiger charge is -2.33. The number of hydrogen-bond acceptors (Lipinski definition) is 7. The van der Waals surface area contributed by atoms with Crippen molar-refractivity contribution in [2.45, 2.75) is 25.9 Å². The molecule has 9 heteroatoms. The van der Waals surface area contributed by atoms with Gasteiger partial charge in [0.25, 0.3) is 5.91 Å². The zero-order valence-electron chi connectivity index (χ0n) is 18.3. The summed E-state index contributed by atoms with van der Waals surface area (Å²) in [5.74, 6) is 0.461. The molecule has 0 radical (unpaired) electrons. The maximum absolute atomic E-state index is 13.6. The number of morpholine rings is 1. The molecular weight excluding hydrogens is 440 g/mol. The van der Waals surface area contributed by atoms with Gasteiger partial charge in [-0.3, -0.25) is 9.78 Å². The molecule has 4 heterocycles. The molecule has 0 saturated carbocycles. The summed E-state index contributed by atoms with van der Waals surface area (Å²) >= 11 is 6.53. The van der Waals surface area contributed by atoms with Crippen LogP contribution in [0, 0.1) is 0 Å². The van der Waals surface area contributed by atoms with Gasteiger partial charge in [-0.05, 0) is 43.5 Å². The van der Waals surface area contributed by atoms with Crippen molar-refractivity contribution in [1.29, 1.82) is 0 Å². The van der Waals surface area contributed by atoms with Gasteiger partial charge in [0.05, 0.1) is 41.5 Å². The van der Waals surface area contributed by atoms with Crippen molar-refractivity contribution in [1.82, 2.24) is 24.8 Å². The molecule has 0 unspecified atom stereocenters. The maximum atomic E-state index is 13.6. The van der Waals surface area contributed by atoms with E-state index in [9.17, 15) is 4.79 Å². The summed E-state index contributed by atoms with van der Waals surface area (Å²) in [6, 6.07) is 11.0. The number of aromatic nitrogens is 4. The summed E-state index contributed by atoms with van der Waals surface area (Å²) in [5.41, 5.74) is 2.48. The van der Waals surface area contributed by atoms with Gasteiger partial charge in [0.1, 0.15) is 17.5 Å². The van der Waals surface area contributed by atoms with Gasteiger partial charge in [-0.25, -0.2) is 15.0 Å². The number of rotatable bonds is 4. The Morgan fingerprint density at radius 3 is 2.97 bits per heavy atom. The van der Waals surface area contributed by atoms with Gasteiger partial charge in [0.15, 0.2) is 5.82 Å². The third-order valence-corrected chi connectivity index (χ3v) is 6.16. The number of amides is 1. The maximum Gasteiger partial charge on any atom is 0.273 e. The van der Waals surface area contributed by atoms with E-state index in [1.807, 2.05) is 44.2 Å². The van der Waals surface area contributed by atoms with Crippen molar-refractivity contribution in [2.24, 2.45) is 0 Å². The average Bonchev–Trinajstić information content (AvgIpc) is 2.83. The van der Waals surface area contributed by atoms with E-state index < -0.39 is 0 Å². The second-order valence-corrected chi connectivity index (χ2v) is 8.52. The standard InChI is InChI=1S/C24H23ClN6O2/c1-14-12-33-10-9-31(14)24(32)22-20-16(5-3-6-17(20)25)11-19(30-22)15(2)29-23-21-18(27-13-28-23)7-4-8-26-21/h3-8,11,13-15H,9-10,12H2,1-2H3,(H,27,28,29)/t14-,15+/m1/s1. The summed E-state index contributed by atoms with van der Waals surface area (Å²) in [7, 11) is 0. The second-order valence-electron chi connectivity index (χ2n) is 8.12. The number of benzene rings is 1. The van der Waals surface area contributed by atoms with Gasteiger partial charge in [-0.2, -0.15) is 0 Å². The lowest BCUT2D eigenvalue weighted by Crippen LogP contribution is -2.47. The van der Waals surface area contributed by atoms with Crippen molar-refractivity contribution >= 4 is 45.1 Å². The smallest absolute Gasteiger partial charge is 0.273 e. The fraction of sp³-hybridized carbons (Fsp3) is 0.292. The molecule has 1 fully saturated rings. The first-order valence-corrected chi connectivity index (χ1v) is 11.2. The number of fused-ring (bicyclic) bond motifs is 2. The van der Waals surface area contributed by atoms with E-state index >= 15 is 0 Å². The van der Waals surface area contributed by atoms with Crippen molar-refractivity contribution in [3.05, 3.63) is 65.3 Å². The number of anilines is 1. The predicted molar refractivity (Wildman–Crippen MR) is 127 cm³/mol. The number of nitrogens with zero attached hydrogens (tertiary/aromatic N) is 5. The van der Waals surface area contributed by atoms with E-state index in [0.717, 1.165) is 10.9 Å². The SMILES string of the molecule is C[C@H](Nc1ncnc2cccnc12)c1cc2cccc(Cl)c2c(C(=O)N2CCOC[C@H]2C)n1. The molecule has 0 aliphatic carbocycles. The first kappa shape index (κ1) is 21.5. The Labute approximate surface area is 196 Å². The summed E-state index contributed by atoms with van der Waals surface area (Å²) < 4.78 is 5.50. The summed E-state index contributed by atoms with van der Waals surface area (Å²) in [6.07, 6.45) is 3.21. The zero-order valence-corrected chi connectivity index (χ0v) is 19.1. The van der Waals surface area contributed by atoms with Gasteiger partial charge >= 0.3 is 0 Å². The van der Waals surface area contributed by atoms with Crippen LogP contribution in [0.25, 0.3) is 21.8 Å². The molecule has 5 rings (SSSR count). The topological polar surface area (TPSA) is 93.1 Å². The minimum Gasteiger partial charge on any atom is -0.377 e. The quantitative estimate of drug-likeness (QED) is 0.484. The molecule has 168 valence electrons. The molecule has 1 saturated heterocycles. The van der Waals surface area contributed by atoms with Crippen LogP contribution in [0.15, 0.2) is 48.9 Å². The predicted octanol–water partition coefficient (Wildman–Crippen LogP) is 4.26. The number of halogens is 1. The highest BCUT2D eigenvalue weighted by atomic mass is 35.5. The Hall–Kier alpha value is -3.36. The Bertz CT molecular complexity index is 1340. The second kappa shape index (κ2) is 8.88. The summed E-state index contributed by atoms with van der Waals surface area (Å²) in [4.78, 5) is 33.2. The fourth-order valence-electron chi connectivity index (χ4n) is 4.11. The first-order chi connectivity index (χ1) is 16.0. The third-order valence-electron chi connectivity index (χ3n) is 5.85. The number of pyridine rings is 2. The lowest BCUT2D eigenvalue weighted by atomic mass is 10.0. The number of carbonyl (C=O) groups is 1. The highest BCUT2D eigenvalue weighted by Crippen LogP contribution is 2.31. The lowest BCUT2D eigenvalue weighted by molar-refractivity contribution is 0.00338. The number of hydrogen-bond donors (Lipinski definition) is 1. The van der Waals surface area contributed by atoms with Crippen LogP contribution in [0.3, 0.4) is 0 Å². The number of nitrogens with one attached hydrogen (secondary N) is 1. The molecule has 8 nitrogen and oxygen atoms in total. The van der Waals surface area contributed by atoms with Crippen LogP contribution >= 0.6 is 11.6 Å². The molecule has 3 aromatic heterocycles. The van der Waals surface area contributed by atoms with Crippen molar-refractivity contribution in [3.8, 4) is 0 Å². The highest BCUT2D eigenvalue weighted by molar-refractivity contribution is 6.36. The number of ether oxygens (including phenoxy) is 1. The van der Waals surface area contributed by atoms with E-state index in [0.29, 0.717) is 52.9 Å². The van der Waals surface area contributed by atoms with E-state index in [-0.39, 0.29) is 18.0 Å². The molecular formula is C24H23ClN6O2. The molecule has 2 atom stereocenters. The van der Waals surface area contributed by atoms with Crippen LogP contribution in [0.5, 0.6) is 0 Å². The van der Waals surface area contributed by atoms with Crippen LogP contribution < -0.4 is 5.32 Å². The van der Waals surface area contributed by atoms with E-state index in [1.165, 1.54) is 6.33 Å². The third kappa shape index (κ3) is 4.07. The zero-order chi connectivity index (χ0) is 22.9. The molecule has 0 bridgehead atoms. The van der Waals surface area contributed by atoms with Crippen molar-refractivity contribution < 1.29 is 9.53 Å². The largest absolute Gasteiger partial charge is 0.377 e. The van der Waals surface area contributed by atoms with Gasteiger partial charge in [-0.1, -0.05) is 23.7 Å². The highest BCUT2D eigenvalue weighted by Gasteiger charge is 2.28. The minimum absolute atomic E-state index is 0.0387. The van der Waals surface area contributed by atoms with Crippen LogP contribution in [-0.4, -0.2) is 56.5 Å². The van der Waals surface area contributed by atoms with Crippen LogP contribution in [0.2, 0.25) is 5.02 Å². The van der Waals surface area contributed by atoms with Crippen LogP contribution in [-0.2, 0) is 4.74 Å². The number of carbonyl (C=O) groups excluding carboxylic acids is 1. The molecule has 0 spiro atoms. The van der Waals surface area contributed by atoms with E-state index in [2.05, 4.69) is 20.3 Å². The Kier molecular flexibility index (Phi) is 5.78. The fourth-order valence-corrected chi connectivity index (χ4v) is 4.38. The molecule has 4 aromatic rings. The van der Waals surface area contributed by atoms with Gasteiger partial charge in [-0.15, -0.1) is 0 Å². The summed E-state index contributed by atoms with van der Waals surface area (Å²) in [6.45, 7) is 5.48. The van der Waals surface area contributed by atoms with Crippen LogP contribution in [0.1, 0.15) is 36.1 Å². The van der Waals surface area contributed by atoms with Crippen molar-refractivity contribution in [2.75, 3.05) is 25.1 Å². The average molecular weight is 463 g/mol. The normalized spacial score (nSPS) is 17.3. The van der Waals surface area contributed by atoms with E-state index in [4.69, 9.17) is 21.3 Å². The molecule has 33 heavy (non-hydrogen) atoms. The minimum atomic E-state index is -0.248. The first-order valence-electron chi connectivity index (χ1n) is 10.8. The molecule has 1 aromatic carbocycles. The molecule has 1 N–H and O–H groups in total. The molecule has 1 amide bonds. The summed E-state index contributed by atoms with van der Waals surface area (Å²) in [5, 5.41) is 5.40. The van der Waals surface area contributed by atoms with Crippen LogP contribution in [0.4, 0.5) is 5.82 Å². The van der Waals surface area contributed by atoms with Crippen molar-refractivity contribution in [3.63, 3.8) is 0 Å². The molecule has 1 aliphatic heterocycles.